The van der Waals surface area contributed by atoms with Gasteiger partial charge < -0.3 is 5.73 Å². The van der Waals surface area contributed by atoms with Gasteiger partial charge in [0.05, 0.1) is 27.4 Å². The van der Waals surface area contributed by atoms with Gasteiger partial charge in [0, 0.05) is 6.20 Å². The smallest absolute Gasteiger partial charge is 0.381 e. The summed E-state index contributed by atoms with van der Waals surface area (Å²) >= 11 is 3.12. The van der Waals surface area contributed by atoms with Crippen LogP contribution in [-0.4, -0.2) is 9.78 Å². The largest absolute Gasteiger partial charge is 0.417 e. The van der Waals surface area contributed by atoms with Crippen molar-refractivity contribution in [2.45, 2.75) is 6.18 Å². The highest BCUT2D eigenvalue weighted by molar-refractivity contribution is 9.10. The molecule has 4 nitrogen and oxygen atoms in total. The second-order valence-corrected chi connectivity index (χ2v) is 4.50. The van der Waals surface area contributed by atoms with Gasteiger partial charge >= 0.3 is 6.18 Å². The van der Waals surface area contributed by atoms with E-state index in [0.717, 1.165) is 12.1 Å². The predicted molar refractivity (Wildman–Crippen MR) is 65.4 cm³/mol. The molecule has 8 heteroatoms. The van der Waals surface area contributed by atoms with Crippen LogP contribution >= 0.6 is 15.9 Å². The Morgan fingerprint density at radius 2 is 2.05 bits per heavy atom. The van der Waals surface area contributed by atoms with Crippen LogP contribution < -0.4 is 5.73 Å². The van der Waals surface area contributed by atoms with Crippen LogP contribution in [0.25, 0.3) is 5.69 Å². The minimum absolute atomic E-state index is 0.165. The number of anilines is 1. The fourth-order valence-corrected chi connectivity index (χ4v) is 1.78. The zero-order valence-electron chi connectivity index (χ0n) is 9.24. The summed E-state index contributed by atoms with van der Waals surface area (Å²) in [5.74, 6) is 0.165. The average molecular weight is 331 g/mol. The predicted octanol–water partition coefficient (Wildman–Crippen LogP) is 3.11. The monoisotopic (exact) mass is 330 g/mol. The number of benzene rings is 1. The van der Waals surface area contributed by atoms with Crippen molar-refractivity contribution in [3.8, 4) is 11.8 Å². The third-order valence-corrected chi connectivity index (χ3v) is 3.00. The average Bonchev–Trinajstić information content (AvgIpc) is 2.68. The summed E-state index contributed by atoms with van der Waals surface area (Å²) < 4.78 is 40.1. The van der Waals surface area contributed by atoms with Crippen LogP contribution in [0.3, 0.4) is 0 Å². The number of halogens is 4. The first-order valence-electron chi connectivity index (χ1n) is 4.95. The van der Waals surface area contributed by atoms with Gasteiger partial charge in [-0.1, -0.05) is 0 Å². The highest BCUT2D eigenvalue weighted by Gasteiger charge is 2.34. The van der Waals surface area contributed by atoms with Crippen LogP contribution in [0.15, 0.2) is 28.9 Å². The molecule has 0 fully saturated rings. The minimum Gasteiger partial charge on any atom is -0.381 e. The Hall–Kier alpha value is -2.01. The Labute approximate surface area is 114 Å². The first kappa shape index (κ1) is 13.4. The SMILES string of the molecule is N#Cc1ccc(-n2cc(Br)c(N)n2)cc1C(F)(F)F. The van der Waals surface area contributed by atoms with E-state index in [9.17, 15) is 13.2 Å². The summed E-state index contributed by atoms with van der Waals surface area (Å²) in [7, 11) is 0. The van der Waals surface area contributed by atoms with E-state index in [-0.39, 0.29) is 11.5 Å². The Bertz CT molecular complexity index is 650. The van der Waals surface area contributed by atoms with Crippen LogP contribution in [0.1, 0.15) is 11.1 Å². The van der Waals surface area contributed by atoms with Crippen molar-refractivity contribution in [3.05, 3.63) is 40.0 Å². The molecule has 2 aromatic rings. The molecule has 0 aliphatic rings. The van der Waals surface area contributed by atoms with Crippen molar-refractivity contribution in [2.24, 2.45) is 0 Å². The number of nitrogens with zero attached hydrogens (tertiary/aromatic N) is 3. The molecule has 0 saturated carbocycles. The Morgan fingerprint density at radius 1 is 1.37 bits per heavy atom. The van der Waals surface area contributed by atoms with Crippen molar-refractivity contribution in [1.82, 2.24) is 9.78 Å². The molecule has 0 atom stereocenters. The van der Waals surface area contributed by atoms with Gasteiger partial charge in [-0.05, 0) is 34.1 Å². The van der Waals surface area contributed by atoms with E-state index in [4.69, 9.17) is 11.0 Å². The summed E-state index contributed by atoms with van der Waals surface area (Å²) in [6.45, 7) is 0. The lowest BCUT2D eigenvalue weighted by molar-refractivity contribution is -0.137. The number of hydrogen-bond acceptors (Lipinski definition) is 3. The van der Waals surface area contributed by atoms with Gasteiger partial charge in [0.1, 0.15) is 0 Å². The summed E-state index contributed by atoms with van der Waals surface area (Å²) in [5.41, 5.74) is 4.24. The molecular weight excluding hydrogens is 325 g/mol. The number of aromatic nitrogens is 2. The highest BCUT2D eigenvalue weighted by Crippen LogP contribution is 2.33. The van der Waals surface area contributed by atoms with E-state index < -0.39 is 17.3 Å². The first-order chi connectivity index (χ1) is 8.82. The summed E-state index contributed by atoms with van der Waals surface area (Å²) in [6, 6.07) is 4.84. The van der Waals surface area contributed by atoms with Gasteiger partial charge in [0.15, 0.2) is 5.82 Å². The number of nitrogens with two attached hydrogens (primary N) is 1. The molecule has 19 heavy (non-hydrogen) atoms. The molecule has 1 aromatic heterocycles. The Balaban J connectivity index is 2.59. The van der Waals surface area contributed by atoms with Crippen molar-refractivity contribution in [1.29, 1.82) is 5.26 Å². The lowest BCUT2D eigenvalue weighted by Gasteiger charge is -2.10. The van der Waals surface area contributed by atoms with Crippen LogP contribution in [0.4, 0.5) is 19.0 Å². The van der Waals surface area contributed by atoms with E-state index in [2.05, 4.69) is 21.0 Å². The minimum atomic E-state index is -4.60. The van der Waals surface area contributed by atoms with Crippen molar-refractivity contribution < 1.29 is 13.2 Å². The van der Waals surface area contributed by atoms with E-state index in [1.165, 1.54) is 23.0 Å². The third kappa shape index (κ3) is 2.56. The quantitative estimate of drug-likeness (QED) is 0.873. The maximum Gasteiger partial charge on any atom is 0.417 e. The van der Waals surface area contributed by atoms with Crippen molar-refractivity contribution >= 4 is 21.7 Å². The molecule has 0 aliphatic heterocycles. The second kappa shape index (κ2) is 4.59. The molecule has 1 aromatic carbocycles. The zero-order valence-corrected chi connectivity index (χ0v) is 10.8. The number of hydrogen-bond donors (Lipinski definition) is 1. The van der Waals surface area contributed by atoms with Gasteiger partial charge in [-0.15, -0.1) is 5.10 Å². The lowest BCUT2D eigenvalue weighted by Crippen LogP contribution is -2.09. The van der Waals surface area contributed by atoms with E-state index in [0.29, 0.717) is 4.47 Å². The van der Waals surface area contributed by atoms with Gasteiger partial charge in [-0.2, -0.15) is 18.4 Å². The fraction of sp³-hybridized carbons (Fsp3) is 0.0909. The molecule has 2 N–H and O–H groups in total. The van der Waals surface area contributed by atoms with Crippen LogP contribution in [0.5, 0.6) is 0 Å². The second-order valence-electron chi connectivity index (χ2n) is 3.65. The molecule has 98 valence electrons. The van der Waals surface area contributed by atoms with Crippen molar-refractivity contribution in [2.75, 3.05) is 5.73 Å². The maximum absolute atomic E-state index is 12.8. The van der Waals surface area contributed by atoms with Crippen molar-refractivity contribution in [3.63, 3.8) is 0 Å². The molecular formula is C11H6BrF3N4. The fourth-order valence-electron chi connectivity index (χ4n) is 1.51. The molecule has 0 bridgehead atoms. The molecule has 0 radical (unpaired) electrons. The number of nitriles is 1. The molecule has 1 heterocycles. The van der Waals surface area contributed by atoms with Gasteiger partial charge in [0.25, 0.3) is 0 Å². The van der Waals surface area contributed by atoms with E-state index in [1.807, 2.05) is 0 Å². The zero-order chi connectivity index (χ0) is 14.2. The van der Waals surface area contributed by atoms with Crippen LogP contribution in [-0.2, 0) is 6.18 Å². The topological polar surface area (TPSA) is 67.6 Å². The molecule has 0 saturated heterocycles. The first-order valence-corrected chi connectivity index (χ1v) is 5.74. The summed E-state index contributed by atoms with van der Waals surface area (Å²) in [6.07, 6.45) is -3.16. The van der Waals surface area contributed by atoms with Gasteiger partial charge in [-0.25, -0.2) is 4.68 Å². The molecule has 2 rings (SSSR count). The standard InChI is InChI=1S/C11H6BrF3N4/c12-9-5-19(18-10(9)17)7-2-1-6(4-16)8(3-7)11(13,14)15/h1-3,5H,(H2,17,18). The molecule has 0 amide bonds. The number of nitrogen functional groups attached to an aromatic ring is 1. The molecule has 0 aliphatic carbocycles. The lowest BCUT2D eigenvalue weighted by atomic mass is 10.1. The maximum atomic E-state index is 12.8. The van der Waals surface area contributed by atoms with E-state index >= 15 is 0 Å². The number of alkyl halides is 3. The van der Waals surface area contributed by atoms with Crippen LogP contribution in [0, 0.1) is 11.3 Å². The highest BCUT2D eigenvalue weighted by atomic mass is 79.9. The van der Waals surface area contributed by atoms with Crippen LogP contribution in [0.2, 0.25) is 0 Å². The molecule has 0 unspecified atom stereocenters. The van der Waals surface area contributed by atoms with E-state index in [1.54, 1.807) is 0 Å². The van der Waals surface area contributed by atoms with Gasteiger partial charge in [0.2, 0.25) is 0 Å². The summed E-state index contributed by atoms with van der Waals surface area (Å²) in [5, 5.41) is 12.5. The molecule has 0 spiro atoms. The Kier molecular flexibility index (Phi) is 3.24. The Morgan fingerprint density at radius 3 is 2.53 bits per heavy atom. The normalized spacial score (nSPS) is 11.3. The third-order valence-electron chi connectivity index (χ3n) is 2.39. The van der Waals surface area contributed by atoms with Gasteiger partial charge in [-0.3, -0.25) is 0 Å². The summed E-state index contributed by atoms with van der Waals surface area (Å²) in [4.78, 5) is 0. The number of rotatable bonds is 1.